The van der Waals surface area contributed by atoms with E-state index in [9.17, 15) is 0 Å². The summed E-state index contributed by atoms with van der Waals surface area (Å²) in [5, 5.41) is 0.528. The van der Waals surface area contributed by atoms with Crippen molar-refractivity contribution in [2.75, 3.05) is 5.73 Å². The molecule has 0 radical (unpaired) electrons. The molecule has 0 aliphatic heterocycles. The quantitative estimate of drug-likeness (QED) is 0.519. The Morgan fingerprint density at radius 3 is 2.82 bits per heavy atom. The Bertz CT molecular complexity index is 529. The average Bonchev–Trinajstić information content (AvgIpc) is 2.28. The highest BCUT2D eigenvalue weighted by Gasteiger charge is 2.02. The predicted molar refractivity (Wildman–Crippen MR) is 74.4 cm³/mol. The van der Waals surface area contributed by atoms with Gasteiger partial charge in [-0.3, -0.25) is 0 Å². The highest BCUT2D eigenvalue weighted by Crippen LogP contribution is 2.28. The minimum Gasteiger partial charge on any atom is -0.398 e. The maximum Gasteiger partial charge on any atom is 0.129 e. The second kappa shape index (κ2) is 5.43. The van der Waals surface area contributed by atoms with E-state index >= 15 is 0 Å². The number of halogens is 1. The van der Waals surface area contributed by atoms with Gasteiger partial charge in [0.05, 0.1) is 5.69 Å². The average molecular weight is 265 g/mol. The van der Waals surface area contributed by atoms with Gasteiger partial charge in [-0.05, 0) is 36.8 Å². The van der Waals surface area contributed by atoms with Crippen molar-refractivity contribution in [3.63, 3.8) is 0 Å². The van der Waals surface area contributed by atoms with Crippen molar-refractivity contribution >= 4 is 29.1 Å². The number of hydrogen-bond acceptors (Lipinski definition) is 3. The number of nitrogens with two attached hydrogens (primary N) is 1. The summed E-state index contributed by atoms with van der Waals surface area (Å²) in [7, 11) is 0. The van der Waals surface area contributed by atoms with E-state index in [0.29, 0.717) is 5.15 Å². The van der Waals surface area contributed by atoms with Crippen molar-refractivity contribution in [2.45, 2.75) is 17.6 Å². The van der Waals surface area contributed by atoms with E-state index in [-0.39, 0.29) is 0 Å². The molecule has 2 nitrogen and oxygen atoms in total. The molecule has 0 aliphatic rings. The third kappa shape index (κ3) is 3.38. The van der Waals surface area contributed by atoms with Crippen LogP contribution in [0.25, 0.3) is 0 Å². The number of hydrogen-bond donors (Lipinski definition) is 1. The van der Waals surface area contributed by atoms with Gasteiger partial charge in [-0.15, -0.1) is 11.8 Å². The van der Waals surface area contributed by atoms with Crippen LogP contribution in [0.3, 0.4) is 0 Å². The molecule has 2 N–H and O–H groups in total. The molecule has 0 amide bonds. The normalized spacial score (nSPS) is 10.5. The number of aromatic nitrogens is 1. The van der Waals surface area contributed by atoms with Gasteiger partial charge < -0.3 is 5.73 Å². The first-order valence-corrected chi connectivity index (χ1v) is 6.62. The Kier molecular flexibility index (Phi) is 3.92. The van der Waals surface area contributed by atoms with Gasteiger partial charge >= 0.3 is 0 Å². The fourth-order valence-corrected chi connectivity index (χ4v) is 2.52. The fourth-order valence-electron chi connectivity index (χ4n) is 1.48. The van der Waals surface area contributed by atoms with Gasteiger partial charge in [-0.25, -0.2) is 4.98 Å². The Balaban J connectivity index is 2.07. The minimum atomic E-state index is 0.528. The zero-order chi connectivity index (χ0) is 12.3. The Labute approximate surface area is 110 Å². The van der Waals surface area contributed by atoms with Gasteiger partial charge in [0.2, 0.25) is 0 Å². The van der Waals surface area contributed by atoms with Crippen LogP contribution in [0.1, 0.15) is 11.3 Å². The summed E-state index contributed by atoms with van der Waals surface area (Å²) in [4.78, 5) is 5.32. The monoisotopic (exact) mass is 264 g/mol. The Morgan fingerprint density at radius 2 is 2.12 bits per heavy atom. The summed E-state index contributed by atoms with van der Waals surface area (Å²) < 4.78 is 0. The number of anilines is 1. The highest BCUT2D eigenvalue weighted by molar-refractivity contribution is 7.98. The molecule has 1 aromatic heterocycles. The molecule has 0 bridgehead atoms. The lowest BCUT2D eigenvalue weighted by molar-refractivity contribution is 1.17. The lowest BCUT2D eigenvalue weighted by atomic mass is 10.2. The van der Waals surface area contributed by atoms with E-state index in [1.54, 1.807) is 17.8 Å². The van der Waals surface area contributed by atoms with Crippen LogP contribution in [-0.2, 0) is 5.75 Å². The standard InChI is InChI=1S/C13H13ClN2S/c1-9-5-6-12(11(15)7-9)17-8-10-3-2-4-13(14)16-10/h2-7H,8,15H2,1H3. The molecule has 2 aromatic rings. The third-order valence-electron chi connectivity index (χ3n) is 2.31. The Hall–Kier alpha value is -1.19. The zero-order valence-electron chi connectivity index (χ0n) is 9.48. The van der Waals surface area contributed by atoms with Crippen LogP contribution < -0.4 is 5.73 Å². The molecule has 4 heteroatoms. The van der Waals surface area contributed by atoms with E-state index < -0.39 is 0 Å². The molecule has 2 rings (SSSR count). The largest absolute Gasteiger partial charge is 0.398 e. The van der Waals surface area contributed by atoms with E-state index in [1.807, 2.05) is 31.2 Å². The fraction of sp³-hybridized carbons (Fsp3) is 0.154. The van der Waals surface area contributed by atoms with Gasteiger partial charge in [0.15, 0.2) is 0 Å². The highest BCUT2D eigenvalue weighted by atomic mass is 35.5. The van der Waals surface area contributed by atoms with Crippen molar-refractivity contribution in [2.24, 2.45) is 0 Å². The first-order chi connectivity index (χ1) is 8.15. The van der Waals surface area contributed by atoms with Crippen LogP contribution in [0.15, 0.2) is 41.3 Å². The molecule has 88 valence electrons. The molecular weight excluding hydrogens is 252 g/mol. The summed E-state index contributed by atoms with van der Waals surface area (Å²) in [6.07, 6.45) is 0. The number of benzene rings is 1. The maximum atomic E-state index is 5.95. The van der Waals surface area contributed by atoms with Crippen molar-refractivity contribution in [1.82, 2.24) is 4.98 Å². The summed E-state index contributed by atoms with van der Waals surface area (Å²) >= 11 is 7.50. The molecule has 0 aliphatic carbocycles. The summed E-state index contributed by atoms with van der Waals surface area (Å²) in [5.74, 6) is 0.772. The lowest BCUT2D eigenvalue weighted by Crippen LogP contribution is -1.91. The van der Waals surface area contributed by atoms with Gasteiger partial charge in [-0.1, -0.05) is 23.7 Å². The van der Waals surface area contributed by atoms with Crippen molar-refractivity contribution in [1.29, 1.82) is 0 Å². The first kappa shape index (κ1) is 12.3. The van der Waals surface area contributed by atoms with Gasteiger partial charge in [0.1, 0.15) is 5.15 Å². The van der Waals surface area contributed by atoms with Crippen molar-refractivity contribution in [3.05, 3.63) is 52.8 Å². The molecule has 1 heterocycles. The molecule has 0 spiro atoms. The molecule has 0 fully saturated rings. The van der Waals surface area contributed by atoms with Gasteiger partial charge in [-0.2, -0.15) is 0 Å². The van der Waals surface area contributed by atoms with E-state index in [4.69, 9.17) is 17.3 Å². The first-order valence-electron chi connectivity index (χ1n) is 5.25. The summed E-state index contributed by atoms with van der Waals surface area (Å²) in [5.41, 5.74) is 8.90. The SMILES string of the molecule is Cc1ccc(SCc2cccc(Cl)n2)c(N)c1. The van der Waals surface area contributed by atoms with Crippen LogP contribution in [-0.4, -0.2) is 4.98 Å². The molecule has 17 heavy (non-hydrogen) atoms. The van der Waals surface area contributed by atoms with Crippen LogP contribution in [0.4, 0.5) is 5.69 Å². The second-order valence-corrected chi connectivity index (χ2v) is 5.19. The number of thioether (sulfide) groups is 1. The number of pyridine rings is 1. The predicted octanol–water partition coefficient (Wildman–Crippen LogP) is 3.92. The van der Waals surface area contributed by atoms with E-state index in [1.165, 1.54) is 5.56 Å². The van der Waals surface area contributed by atoms with Crippen molar-refractivity contribution < 1.29 is 0 Å². The van der Waals surface area contributed by atoms with Crippen LogP contribution in [0.2, 0.25) is 5.15 Å². The van der Waals surface area contributed by atoms with E-state index in [2.05, 4.69) is 11.1 Å². The molecule has 0 saturated heterocycles. The minimum absolute atomic E-state index is 0.528. The third-order valence-corrected chi connectivity index (χ3v) is 3.65. The summed E-state index contributed by atoms with van der Waals surface area (Å²) in [6.45, 7) is 2.03. The molecular formula is C13H13ClN2S. The summed E-state index contributed by atoms with van der Waals surface area (Å²) in [6, 6.07) is 11.7. The smallest absolute Gasteiger partial charge is 0.129 e. The van der Waals surface area contributed by atoms with Gasteiger partial charge in [0.25, 0.3) is 0 Å². The maximum absolute atomic E-state index is 5.95. The molecule has 0 unspecified atom stereocenters. The van der Waals surface area contributed by atoms with Crippen LogP contribution >= 0.6 is 23.4 Å². The second-order valence-electron chi connectivity index (χ2n) is 3.78. The molecule has 0 atom stereocenters. The number of nitrogens with zero attached hydrogens (tertiary/aromatic N) is 1. The number of nitrogen functional groups attached to an aromatic ring is 1. The topological polar surface area (TPSA) is 38.9 Å². The van der Waals surface area contributed by atoms with Crippen LogP contribution in [0, 0.1) is 6.92 Å². The number of aryl methyl sites for hydroxylation is 1. The zero-order valence-corrected chi connectivity index (χ0v) is 11.1. The van der Waals surface area contributed by atoms with Gasteiger partial charge in [0, 0.05) is 16.3 Å². The molecule has 1 aromatic carbocycles. The lowest BCUT2D eigenvalue weighted by Gasteiger charge is -2.06. The van der Waals surface area contributed by atoms with Crippen molar-refractivity contribution in [3.8, 4) is 0 Å². The number of rotatable bonds is 3. The van der Waals surface area contributed by atoms with E-state index in [0.717, 1.165) is 22.0 Å². The molecule has 0 saturated carbocycles. The van der Waals surface area contributed by atoms with Crippen LogP contribution in [0.5, 0.6) is 0 Å². The Morgan fingerprint density at radius 1 is 1.29 bits per heavy atom.